The minimum atomic E-state index is -4.03. The summed E-state index contributed by atoms with van der Waals surface area (Å²) in [6, 6.07) is 3.68. The van der Waals surface area contributed by atoms with Crippen LogP contribution in [0.5, 0.6) is 0 Å². The number of pyridine rings is 1. The molecule has 1 fully saturated rings. The van der Waals surface area contributed by atoms with Gasteiger partial charge in [-0.25, -0.2) is 22.4 Å². The number of halogens is 1. The molecule has 2 unspecified atom stereocenters. The van der Waals surface area contributed by atoms with E-state index in [9.17, 15) is 8.42 Å². The second-order valence-corrected chi connectivity index (χ2v) is 13.8. The summed E-state index contributed by atoms with van der Waals surface area (Å²) in [7, 11) is -0.617. The van der Waals surface area contributed by atoms with Crippen molar-refractivity contribution in [1.29, 1.82) is 0 Å². The molecular formula is C27H28ClN5O4S2. The van der Waals surface area contributed by atoms with Crippen LogP contribution >= 0.6 is 22.9 Å². The van der Waals surface area contributed by atoms with Gasteiger partial charge >= 0.3 is 0 Å². The van der Waals surface area contributed by atoms with Crippen molar-refractivity contribution in [3.05, 3.63) is 76.9 Å². The molecule has 0 saturated heterocycles. The first-order valence-corrected chi connectivity index (χ1v) is 15.2. The molecule has 12 heteroatoms. The van der Waals surface area contributed by atoms with Crippen LogP contribution in [-0.4, -0.2) is 50.8 Å². The number of rotatable bonds is 8. The number of hydrogen-bond acceptors (Lipinski definition) is 8. The summed E-state index contributed by atoms with van der Waals surface area (Å²) in [5, 5.41) is 6.24. The molecule has 2 aliphatic rings. The zero-order valence-electron chi connectivity index (χ0n) is 21.7. The molecule has 0 aliphatic heterocycles. The summed E-state index contributed by atoms with van der Waals surface area (Å²) in [5.74, 6) is -0.492. The van der Waals surface area contributed by atoms with Gasteiger partial charge in [0.15, 0.2) is 5.65 Å². The van der Waals surface area contributed by atoms with Crippen molar-refractivity contribution in [2.24, 2.45) is 7.05 Å². The van der Waals surface area contributed by atoms with Gasteiger partial charge in [-0.15, -0.1) is 11.3 Å². The van der Waals surface area contributed by atoms with Gasteiger partial charge in [0, 0.05) is 60.8 Å². The molecule has 0 radical (unpaired) electrons. The standard InChI is InChI=1S/C27H28ClN5O4S2/c1-26(13-19(28)5-6-22(26)18-14-31-32(2)16-18)39(34,35)33-12-8-21-20(7-11-29-24(21)33)23-15-30-25(38-23)27(9-4-10-27)37-17-36-3/h5-8,11-16,22H,4,9-10,17H2,1-3H3. The Morgan fingerprint density at radius 3 is 2.74 bits per heavy atom. The number of aromatic nitrogens is 5. The average molecular weight is 586 g/mol. The van der Waals surface area contributed by atoms with E-state index in [1.165, 1.54) is 3.97 Å². The van der Waals surface area contributed by atoms with Crippen molar-refractivity contribution in [2.45, 2.75) is 42.5 Å². The van der Waals surface area contributed by atoms with Gasteiger partial charge < -0.3 is 9.47 Å². The van der Waals surface area contributed by atoms with Crippen LogP contribution in [0.15, 0.2) is 66.4 Å². The molecule has 4 heterocycles. The third kappa shape index (κ3) is 4.18. The van der Waals surface area contributed by atoms with Crippen LogP contribution in [0.3, 0.4) is 0 Å². The van der Waals surface area contributed by atoms with Crippen LogP contribution in [-0.2, 0) is 32.1 Å². The smallest absolute Gasteiger partial charge is 0.250 e. The fourth-order valence-electron chi connectivity index (χ4n) is 5.40. The molecule has 9 nitrogen and oxygen atoms in total. The Morgan fingerprint density at radius 2 is 2.05 bits per heavy atom. The Morgan fingerprint density at radius 1 is 1.23 bits per heavy atom. The van der Waals surface area contributed by atoms with E-state index in [1.54, 1.807) is 73.9 Å². The summed E-state index contributed by atoms with van der Waals surface area (Å²) in [5.41, 5.74) is 1.57. The van der Waals surface area contributed by atoms with Crippen molar-refractivity contribution in [3.8, 4) is 10.4 Å². The van der Waals surface area contributed by atoms with Gasteiger partial charge in [-0.05, 0) is 56.0 Å². The maximum Gasteiger partial charge on any atom is 0.250 e. The number of ether oxygens (including phenoxy) is 2. The molecule has 2 atom stereocenters. The predicted molar refractivity (Wildman–Crippen MR) is 151 cm³/mol. The largest absolute Gasteiger partial charge is 0.359 e. The van der Waals surface area contributed by atoms with Crippen LogP contribution in [0, 0.1) is 0 Å². The van der Waals surface area contributed by atoms with Gasteiger partial charge in [-0.3, -0.25) is 4.68 Å². The number of hydrogen-bond donors (Lipinski definition) is 0. The average Bonchev–Trinajstić information content (AvgIpc) is 3.63. The zero-order chi connectivity index (χ0) is 27.4. The highest BCUT2D eigenvalue weighted by Crippen LogP contribution is 2.48. The van der Waals surface area contributed by atoms with Crippen LogP contribution < -0.4 is 0 Å². The first-order valence-electron chi connectivity index (χ1n) is 12.5. The van der Waals surface area contributed by atoms with Crippen molar-refractivity contribution in [1.82, 2.24) is 23.7 Å². The lowest BCUT2D eigenvalue weighted by Gasteiger charge is -2.39. The number of nitrogens with zero attached hydrogens (tertiary/aromatic N) is 5. The molecular weight excluding hydrogens is 558 g/mol. The number of fused-ring (bicyclic) bond motifs is 1. The van der Waals surface area contributed by atoms with Crippen LogP contribution in [0.2, 0.25) is 0 Å². The van der Waals surface area contributed by atoms with Crippen LogP contribution in [0.1, 0.15) is 42.7 Å². The second-order valence-electron chi connectivity index (χ2n) is 10.1. The molecule has 4 aromatic heterocycles. The van der Waals surface area contributed by atoms with E-state index in [0.29, 0.717) is 10.7 Å². The summed E-state index contributed by atoms with van der Waals surface area (Å²) in [6.45, 7) is 1.90. The first kappa shape index (κ1) is 26.4. The van der Waals surface area contributed by atoms with Crippen molar-refractivity contribution < 1.29 is 17.9 Å². The lowest BCUT2D eigenvalue weighted by atomic mass is 9.80. The quantitative estimate of drug-likeness (QED) is 0.258. The van der Waals surface area contributed by atoms with Gasteiger partial charge in [0.2, 0.25) is 10.0 Å². The highest BCUT2D eigenvalue weighted by molar-refractivity contribution is 7.91. The molecule has 6 rings (SSSR count). The molecule has 0 bridgehead atoms. The van der Waals surface area contributed by atoms with Gasteiger partial charge in [0.25, 0.3) is 0 Å². The third-order valence-corrected chi connectivity index (χ3v) is 11.5. The topological polar surface area (TPSA) is 101 Å². The molecule has 1 saturated carbocycles. The van der Waals surface area contributed by atoms with E-state index in [2.05, 4.69) is 10.1 Å². The third-order valence-electron chi connectivity index (χ3n) is 7.72. The molecule has 2 aliphatic carbocycles. The Kier molecular flexibility index (Phi) is 6.54. The van der Waals surface area contributed by atoms with Crippen molar-refractivity contribution in [2.75, 3.05) is 13.9 Å². The van der Waals surface area contributed by atoms with Crippen molar-refractivity contribution >= 4 is 44.0 Å². The Bertz CT molecular complexity index is 1720. The number of thiazole rings is 1. The minimum Gasteiger partial charge on any atom is -0.359 e. The second kappa shape index (κ2) is 9.67. The van der Waals surface area contributed by atoms with Gasteiger partial charge in [-0.2, -0.15) is 5.10 Å². The molecule has 204 valence electrons. The number of allylic oxidation sites excluding steroid dienone is 3. The molecule has 0 amide bonds. The van der Waals surface area contributed by atoms with Crippen LogP contribution in [0.25, 0.3) is 21.5 Å². The van der Waals surface area contributed by atoms with Gasteiger partial charge in [-0.1, -0.05) is 17.7 Å². The minimum absolute atomic E-state index is 0.210. The fraction of sp³-hybridized carbons (Fsp3) is 0.370. The zero-order valence-corrected chi connectivity index (χ0v) is 24.1. The van der Waals surface area contributed by atoms with E-state index in [4.69, 9.17) is 26.1 Å². The summed E-state index contributed by atoms with van der Waals surface area (Å²) < 4.78 is 41.5. The summed E-state index contributed by atoms with van der Waals surface area (Å²) in [6.07, 6.45) is 16.6. The SMILES string of the molecule is COCOC1(c2ncc(-c3ccnc4c3ccn4S(=O)(=O)C3(C)C=C(Cl)C=CC3c3cnn(C)c3)s2)CCC1. The molecule has 0 aromatic carbocycles. The molecule has 39 heavy (non-hydrogen) atoms. The Balaban J connectivity index is 1.42. The van der Waals surface area contributed by atoms with E-state index in [0.717, 1.165) is 45.7 Å². The summed E-state index contributed by atoms with van der Waals surface area (Å²) >= 11 is 7.93. The lowest BCUT2D eigenvalue weighted by Crippen LogP contribution is -2.43. The lowest BCUT2D eigenvalue weighted by molar-refractivity contribution is -0.171. The maximum absolute atomic E-state index is 14.4. The first-order chi connectivity index (χ1) is 18.7. The van der Waals surface area contributed by atoms with E-state index in [-0.39, 0.29) is 6.79 Å². The molecule has 0 N–H and O–H groups in total. The Hall–Kier alpha value is -2.83. The van der Waals surface area contributed by atoms with E-state index in [1.807, 2.05) is 24.5 Å². The van der Waals surface area contributed by atoms with E-state index >= 15 is 0 Å². The highest BCUT2D eigenvalue weighted by atomic mass is 35.5. The fourth-order valence-corrected chi connectivity index (χ4v) is 8.75. The number of aryl methyl sites for hydroxylation is 1. The highest BCUT2D eigenvalue weighted by Gasteiger charge is 2.48. The monoisotopic (exact) mass is 585 g/mol. The van der Waals surface area contributed by atoms with Gasteiger partial charge in [0.05, 0.1) is 11.1 Å². The number of methoxy groups -OCH3 is 1. The predicted octanol–water partition coefficient (Wildman–Crippen LogP) is 5.31. The Labute approximate surface area is 235 Å². The maximum atomic E-state index is 14.4. The summed E-state index contributed by atoms with van der Waals surface area (Å²) in [4.78, 5) is 10.1. The van der Waals surface area contributed by atoms with Crippen molar-refractivity contribution in [3.63, 3.8) is 0 Å². The van der Waals surface area contributed by atoms with Gasteiger partial charge in [0.1, 0.15) is 22.1 Å². The molecule has 0 spiro atoms. The van der Waals surface area contributed by atoms with Crippen LogP contribution in [0.4, 0.5) is 0 Å². The molecule has 4 aromatic rings. The van der Waals surface area contributed by atoms with E-state index < -0.39 is 26.3 Å². The normalized spacial score (nSPS) is 22.7.